The van der Waals surface area contributed by atoms with Gasteiger partial charge in [0.25, 0.3) is 0 Å². The molecule has 2 aromatic carbocycles. The first kappa shape index (κ1) is 106. The Hall–Kier alpha value is -13.0. The van der Waals surface area contributed by atoms with Crippen molar-refractivity contribution in [2.45, 2.75) is 267 Å². The Kier molecular flexibility index (Phi) is 43.6. The highest BCUT2D eigenvalue weighted by Gasteiger charge is 2.45. The van der Waals surface area contributed by atoms with Gasteiger partial charge in [-0.3, -0.25) is 95.9 Å². The zero-order chi connectivity index (χ0) is 95.4. The molecule has 0 bridgehead atoms. The monoisotopic (exact) mass is 1790 g/mol. The van der Waals surface area contributed by atoms with Crippen LogP contribution in [0.1, 0.15) is 169 Å². The molecule has 2 aliphatic heterocycles. The number of aliphatic carboxylic acids is 6. The van der Waals surface area contributed by atoms with E-state index in [9.17, 15) is 147 Å². The van der Waals surface area contributed by atoms with E-state index in [-0.39, 0.29) is 82.5 Å². The Morgan fingerprint density at radius 3 is 1.09 bits per heavy atom. The first-order valence-corrected chi connectivity index (χ1v) is 41.3. The lowest BCUT2D eigenvalue weighted by Gasteiger charge is -2.31. The maximum atomic E-state index is 14.5. The fourth-order valence-electron chi connectivity index (χ4n) is 13.9. The van der Waals surface area contributed by atoms with Crippen molar-refractivity contribution in [3.8, 4) is 5.75 Å². The Labute approximate surface area is 729 Å². The largest absolute Gasteiger partial charge is 0.508 e. The van der Waals surface area contributed by atoms with Crippen LogP contribution in [0.4, 0.5) is 0 Å². The van der Waals surface area contributed by atoms with Crippen molar-refractivity contribution in [1.29, 1.82) is 0 Å². The Morgan fingerprint density at radius 1 is 0.378 bits per heavy atom. The van der Waals surface area contributed by atoms with E-state index < -0.39 is 304 Å². The number of carbonyl (C=O) groups is 21. The number of phenols is 1. The standard InChI is InChI=1S/C81H118N16O30/c1-39(2)31-51(72(117)89-52(32-40(3)4)73(118)91-55(36-64(108)109)75(120)90-54(35-43-13-9-8-10-14-43)76(121)95-66(42(7)99)81(126)127)88-71(116)49(23-27-62(104)105)86-68(113)47(21-25-60(83)101)84-69(114)48(22-26-61(102)103)85-70(115)50(24-28-63(106)107)87-77(122)58-15-12-30-97(58)80(125)57(38-98)94-74(119)53(33-41(5)6)92-78(123)59-16-11-29-96(59)79(124)56(37-65(110)111)93-67(112)46(82)34-44-17-19-45(100)20-18-44/h8-10,13-14,17-20,39-42,46-59,66,98-100H,11-12,15-16,21-38,82H2,1-7H3,(H2,83,101)(H,84,114)(H,85,115)(H,86,113)(H,87,122)(H,88,116)(H,89,117)(H,90,120)(H,91,118)(H,92,123)(H,93,112)(H,94,119)(H,95,121)(H,102,103)(H,104,105)(H,106,107)(H,108,109)(H,110,111)(H,126,127)/t42-,46+,47+,48+,49+,50+,51+,52+,53+,54+,55+,56+,57+,58+,59+,66+/m1/s1. The molecule has 702 valence electrons. The van der Waals surface area contributed by atoms with Crippen molar-refractivity contribution in [1.82, 2.24) is 73.6 Å². The molecule has 46 nitrogen and oxygen atoms in total. The second kappa shape index (κ2) is 52.1. The van der Waals surface area contributed by atoms with E-state index in [4.69, 9.17) is 11.5 Å². The van der Waals surface area contributed by atoms with Gasteiger partial charge < -0.3 is 131 Å². The van der Waals surface area contributed by atoms with Crippen molar-refractivity contribution >= 4 is 124 Å². The van der Waals surface area contributed by atoms with Gasteiger partial charge in [-0.05, 0) is 125 Å². The number of rotatable bonds is 55. The lowest BCUT2D eigenvalue weighted by Crippen LogP contribution is -2.61. The van der Waals surface area contributed by atoms with Gasteiger partial charge in [0.1, 0.15) is 84.3 Å². The fourth-order valence-corrected chi connectivity index (χ4v) is 13.9. The summed E-state index contributed by atoms with van der Waals surface area (Å²) >= 11 is 0. The minimum absolute atomic E-state index is 0.0100. The second-order valence-corrected chi connectivity index (χ2v) is 32.4. The number of aromatic hydroxyl groups is 1. The number of carboxylic acid groups (broad SMARTS) is 6. The van der Waals surface area contributed by atoms with E-state index in [0.29, 0.717) is 11.1 Å². The quantitative estimate of drug-likeness (QED) is 0.0294. The molecule has 2 aromatic rings. The molecule has 0 aliphatic carbocycles. The van der Waals surface area contributed by atoms with Crippen LogP contribution in [0.3, 0.4) is 0 Å². The Balaban J connectivity index is 1.56. The molecule has 25 N–H and O–H groups in total. The normalized spacial score (nSPS) is 16.9. The topological polar surface area (TPSA) is 743 Å². The predicted octanol–water partition coefficient (Wildman–Crippen LogP) is -5.29. The molecule has 15 amide bonds. The number of phenolic OH excluding ortho intramolecular Hbond substituents is 1. The number of benzene rings is 2. The van der Waals surface area contributed by atoms with Crippen molar-refractivity contribution < 1.29 is 147 Å². The number of primary amides is 1. The number of nitrogens with two attached hydrogens (primary N) is 2. The van der Waals surface area contributed by atoms with Crippen molar-refractivity contribution in [2.24, 2.45) is 29.2 Å². The minimum Gasteiger partial charge on any atom is -0.508 e. The molecule has 2 fully saturated rings. The van der Waals surface area contributed by atoms with Crippen LogP contribution in [0, 0.1) is 17.8 Å². The number of likely N-dealkylation sites (tertiary alicyclic amines) is 2. The molecule has 0 saturated carbocycles. The molecule has 0 spiro atoms. The maximum Gasteiger partial charge on any atom is 0.328 e. The highest BCUT2D eigenvalue weighted by molar-refractivity contribution is 6.02. The highest BCUT2D eigenvalue weighted by atomic mass is 16.4. The predicted molar refractivity (Wildman–Crippen MR) is 441 cm³/mol. The molecule has 127 heavy (non-hydrogen) atoms. The van der Waals surface area contributed by atoms with Crippen LogP contribution in [0.15, 0.2) is 54.6 Å². The van der Waals surface area contributed by atoms with Crippen LogP contribution in [-0.4, -0.2) is 297 Å². The molecule has 2 heterocycles. The smallest absolute Gasteiger partial charge is 0.328 e. The molecule has 2 saturated heterocycles. The van der Waals surface area contributed by atoms with E-state index in [1.807, 2.05) is 0 Å². The summed E-state index contributed by atoms with van der Waals surface area (Å²) < 4.78 is 0. The van der Waals surface area contributed by atoms with Gasteiger partial charge >= 0.3 is 35.8 Å². The number of hydrogen-bond acceptors (Lipinski definition) is 25. The summed E-state index contributed by atoms with van der Waals surface area (Å²) in [5.74, 6) is -28.0. The highest BCUT2D eigenvalue weighted by Crippen LogP contribution is 2.24. The van der Waals surface area contributed by atoms with Crippen molar-refractivity contribution in [3.63, 3.8) is 0 Å². The van der Waals surface area contributed by atoms with Gasteiger partial charge in [0.2, 0.25) is 88.6 Å². The van der Waals surface area contributed by atoms with Crippen LogP contribution in [0.25, 0.3) is 0 Å². The van der Waals surface area contributed by atoms with E-state index in [2.05, 4.69) is 63.8 Å². The minimum atomic E-state index is -2.04. The van der Waals surface area contributed by atoms with Gasteiger partial charge in [0.15, 0.2) is 6.04 Å². The number of hydrogen-bond donors (Lipinski definition) is 23. The lowest BCUT2D eigenvalue weighted by atomic mass is 9.99. The third-order valence-corrected chi connectivity index (χ3v) is 20.3. The average molecular weight is 1800 g/mol. The number of nitrogens with zero attached hydrogens (tertiary/aromatic N) is 2. The van der Waals surface area contributed by atoms with E-state index in [1.165, 1.54) is 24.3 Å². The van der Waals surface area contributed by atoms with Crippen molar-refractivity contribution in [3.05, 3.63) is 65.7 Å². The number of aliphatic hydroxyl groups is 2. The number of aliphatic hydroxyl groups excluding tert-OH is 2. The lowest BCUT2D eigenvalue weighted by molar-refractivity contribution is -0.146. The van der Waals surface area contributed by atoms with Gasteiger partial charge in [-0.15, -0.1) is 0 Å². The first-order valence-electron chi connectivity index (χ1n) is 41.3. The molecular formula is C81H118N16O30. The van der Waals surface area contributed by atoms with Gasteiger partial charge in [-0.1, -0.05) is 84.0 Å². The Bertz CT molecular complexity index is 4250. The van der Waals surface area contributed by atoms with Crippen LogP contribution in [0.5, 0.6) is 5.75 Å². The van der Waals surface area contributed by atoms with Crippen LogP contribution < -0.4 is 75.3 Å². The number of carbonyl (C=O) groups excluding carboxylic acids is 15. The van der Waals surface area contributed by atoms with Gasteiger partial charge in [0.05, 0.1) is 31.6 Å². The third kappa shape index (κ3) is 36.6. The summed E-state index contributed by atoms with van der Waals surface area (Å²) in [6.45, 7) is 9.40. The number of amides is 15. The number of carboxylic acids is 6. The first-order chi connectivity index (χ1) is 59.6. The SMILES string of the molecule is CC(C)C[C@H](NC(=O)[C@H](CCC(=O)O)NC(=O)[C@H](CCC(N)=O)NC(=O)[C@H](CCC(=O)O)NC(=O)[C@H](CCC(=O)O)NC(=O)[C@@H]1CCCN1C(=O)[C@H](CO)NC(=O)[C@H](CC(C)C)NC(=O)[C@@H]1CCCN1C(=O)[C@H](CC(=O)O)NC(=O)[C@@H](N)Cc1ccc(O)cc1)C(=O)N[C@@H](CC(C)C)C(=O)N[C@@H](CC(=O)O)C(=O)N[C@@H](Cc1ccccc1)C(=O)N[C@H](C(=O)O)[C@@H](C)O. The van der Waals surface area contributed by atoms with Crippen LogP contribution >= 0.6 is 0 Å². The number of nitrogens with one attached hydrogen (secondary N) is 12. The van der Waals surface area contributed by atoms with Crippen LogP contribution in [0.2, 0.25) is 0 Å². The van der Waals surface area contributed by atoms with E-state index in [1.54, 1.807) is 71.9 Å². The summed E-state index contributed by atoms with van der Waals surface area (Å²) in [7, 11) is 0. The molecule has 46 heteroatoms. The average Bonchev–Trinajstić information content (AvgIpc) is 1.69. The molecule has 0 aromatic heterocycles. The van der Waals surface area contributed by atoms with Gasteiger partial charge in [0, 0.05) is 45.2 Å². The summed E-state index contributed by atoms with van der Waals surface area (Å²) in [5.41, 5.74) is 12.5. The summed E-state index contributed by atoms with van der Waals surface area (Å²) in [6, 6.07) is -12.4. The zero-order valence-corrected chi connectivity index (χ0v) is 71.4. The van der Waals surface area contributed by atoms with E-state index >= 15 is 0 Å². The molecule has 4 rings (SSSR count). The summed E-state index contributed by atoms with van der Waals surface area (Å²) in [6.07, 6.45) is -11.0. The Morgan fingerprint density at radius 2 is 0.701 bits per heavy atom. The van der Waals surface area contributed by atoms with Gasteiger partial charge in [-0.2, -0.15) is 0 Å². The fraction of sp³-hybridized carbons (Fsp3) is 0.593. The zero-order valence-electron chi connectivity index (χ0n) is 71.4. The third-order valence-electron chi connectivity index (χ3n) is 20.3. The summed E-state index contributed by atoms with van der Waals surface area (Å²) in [4.78, 5) is 286. The summed E-state index contributed by atoms with van der Waals surface area (Å²) in [5, 5.41) is 117. The maximum absolute atomic E-state index is 14.5. The molecule has 16 atom stereocenters. The molecule has 0 radical (unpaired) electrons. The molecule has 0 unspecified atom stereocenters. The van der Waals surface area contributed by atoms with E-state index in [0.717, 1.165) is 16.7 Å². The molecule has 2 aliphatic rings. The molecular weight excluding hydrogens is 1680 g/mol. The van der Waals surface area contributed by atoms with Crippen LogP contribution in [-0.2, 0) is 114 Å². The second-order valence-electron chi connectivity index (χ2n) is 32.4. The van der Waals surface area contributed by atoms with Crippen molar-refractivity contribution in [2.75, 3.05) is 19.7 Å². The van der Waals surface area contributed by atoms with Gasteiger partial charge in [-0.25, -0.2) is 4.79 Å².